The van der Waals surface area contributed by atoms with Crippen molar-refractivity contribution in [1.82, 2.24) is 0 Å². The van der Waals surface area contributed by atoms with Gasteiger partial charge >= 0.3 is 6.18 Å². The average Bonchev–Trinajstić information content (AvgIpc) is 3.09. The van der Waals surface area contributed by atoms with Gasteiger partial charge in [-0.3, -0.25) is 4.99 Å². The predicted molar refractivity (Wildman–Crippen MR) is 104 cm³/mol. The Morgan fingerprint density at radius 3 is 2.66 bits per heavy atom. The van der Waals surface area contributed by atoms with Gasteiger partial charge in [-0.05, 0) is 62.5 Å². The highest BCUT2D eigenvalue weighted by Crippen LogP contribution is 2.41. The molecular weight excluding hydrogens is 403 g/mol. The lowest BCUT2D eigenvalue weighted by Crippen LogP contribution is -2.45. The van der Waals surface area contributed by atoms with Crippen LogP contribution >= 0.6 is 0 Å². The fourth-order valence-corrected chi connectivity index (χ4v) is 6.02. The van der Waals surface area contributed by atoms with Crippen LogP contribution in [0.4, 0.5) is 13.2 Å². The molecule has 8 heteroatoms. The molecule has 158 valence electrons. The molecule has 0 amide bonds. The molecule has 1 saturated carbocycles. The van der Waals surface area contributed by atoms with Crippen molar-refractivity contribution in [2.24, 2.45) is 10.9 Å². The predicted octanol–water partition coefficient (Wildman–Crippen LogP) is 4.60. The van der Waals surface area contributed by atoms with E-state index in [-0.39, 0.29) is 30.4 Å². The van der Waals surface area contributed by atoms with E-state index < -0.39 is 26.3 Å². The molecule has 2 unspecified atom stereocenters. The zero-order valence-electron chi connectivity index (χ0n) is 16.2. The Morgan fingerprint density at radius 1 is 1.24 bits per heavy atom. The third kappa shape index (κ3) is 3.77. The average molecular weight is 427 g/mol. The zero-order valence-corrected chi connectivity index (χ0v) is 17.0. The maximum Gasteiger partial charge on any atom is 0.416 e. The second-order valence-corrected chi connectivity index (χ2v) is 10.8. The van der Waals surface area contributed by atoms with Crippen molar-refractivity contribution in [1.29, 1.82) is 0 Å². The summed E-state index contributed by atoms with van der Waals surface area (Å²) in [6.45, 7) is 2.37. The van der Waals surface area contributed by atoms with Crippen LogP contribution in [0.5, 0.6) is 0 Å². The Balaban J connectivity index is 1.57. The number of nitrogens with zero attached hydrogens (tertiary/aromatic N) is 1. The first-order valence-electron chi connectivity index (χ1n) is 9.88. The highest BCUT2D eigenvalue weighted by molar-refractivity contribution is 7.92. The summed E-state index contributed by atoms with van der Waals surface area (Å²) in [4.78, 5) is 4.30. The number of hydrogen-bond acceptors (Lipinski definition) is 4. The number of aliphatic imine (C=N–C) groups is 1. The number of halogens is 3. The van der Waals surface area contributed by atoms with Gasteiger partial charge in [0, 0.05) is 18.2 Å². The Hall–Kier alpha value is -1.67. The van der Waals surface area contributed by atoms with Crippen molar-refractivity contribution in [3.05, 3.63) is 41.5 Å². The normalized spacial score (nSPS) is 28.6. The molecule has 29 heavy (non-hydrogen) atoms. The molecule has 0 bridgehead atoms. The Morgan fingerprint density at radius 2 is 2.00 bits per heavy atom. The van der Waals surface area contributed by atoms with E-state index in [0.29, 0.717) is 12.5 Å². The van der Waals surface area contributed by atoms with Gasteiger partial charge in [0.15, 0.2) is 9.84 Å². The number of sulfone groups is 1. The summed E-state index contributed by atoms with van der Waals surface area (Å²) in [6.07, 6.45) is 1.00. The molecule has 0 spiro atoms. The van der Waals surface area contributed by atoms with Crippen molar-refractivity contribution in [2.75, 3.05) is 13.2 Å². The first-order chi connectivity index (χ1) is 13.6. The lowest BCUT2D eigenvalue weighted by atomic mass is 9.81. The van der Waals surface area contributed by atoms with E-state index in [2.05, 4.69) is 4.99 Å². The molecule has 0 radical (unpaired) electrons. The lowest BCUT2D eigenvalue weighted by Gasteiger charge is -2.38. The third-order valence-corrected chi connectivity index (χ3v) is 8.94. The van der Waals surface area contributed by atoms with E-state index in [1.54, 1.807) is 6.92 Å². The van der Waals surface area contributed by atoms with Gasteiger partial charge in [-0.1, -0.05) is 12.5 Å². The van der Waals surface area contributed by atoms with Crippen LogP contribution in [0, 0.1) is 5.92 Å². The van der Waals surface area contributed by atoms with Crippen LogP contribution in [0.15, 0.2) is 45.8 Å². The largest absolute Gasteiger partial charge is 0.416 e. The van der Waals surface area contributed by atoms with Gasteiger partial charge < -0.3 is 4.74 Å². The van der Waals surface area contributed by atoms with Gasteiger partial charge in [0.2, 0.25) is 0 Å². The summed E-state index contributed by atoms with van der Waals surface area (Å²) < 4.78 is 70.5. The second-order valence-electron chi connectivity index (χ2n) is 8.38. The van der Waals surface area contributed by atoms with Crippen LogP contribution in [-0.4, -0.2) is 38.1 Å². The lowest BCUT2D eigenvalue weighted by molar-refractivity contribution is -0.137. The van der Waals surface area contributed by atoms with Gasteiger partial charge in [-0.25, -0.2) is 8.42 Å². The molecule has 3 aliphatic rings. The number of benzene rings is 1. The van der Waals surface area contributed by atoms with Crippen LogP contribution in [0.1, 0.15) is 44.6 Å². The summed E-state index contributed by atoms with van der Waals surface area (Å²) in [5.74, 6) is 0.497. The molecule has 0 aromatic heterocycles. The minimum Gasteiger partial charge on any atom is -0.374 e. The molecule has 4 rings (SSSR count). The van der Waals surface area contributed by atoms with Gasteiger partial charge in [0.1, 0.15) is 0 Å². The van der Waals surface area contributed by atoms with E-state index in [0.717, 1.165) is 42.3 Å². The molecule has 2 atom stereocenters. The number of ether oxygens (including phenoxy) is 1. The molecule has 1 saturated heterocycles. The van der Waals surface area contributed by atoms with E-state index in [1.165, 1.54) is 12.5 Å². The summed E-state index contributed by atoms with van der Waals surface area (Å²) in [5, 5.41) is 0. The number of alkyl halides is 3. The van der Waals surface area contributed by atoms with Crippen LogP contribution in [0.25, 0.3) is 0 Å². The fourth-order valence-electron chi connectivity index (χ4n) is 4.19. The van der Waals surface area contributed by atoms with Crippen LogP contribution < -0.4 is 0 Å². The van der Waals surface area contributed by atoms with E-state index in [1.807, 2.05) is 6.08 Å². The quantitative estimate of drug-likeness (QED) is 0.706. The highest BCUT2D eigenvalue weighted by atomic mass is 32.2. The van der Waals surface area contributed by atoms with Gasteiger partial charge in [0.25, 0.3) is 0 Å². The van der Waals surface area contributed by atoms with Crippen LogP contribution in [0.3, 0.4) is 0 Å². The Bertz CT molecular complexity index is 964. The minimum atomic E-state index is -4.59. The SMILES string of the molecule is CC1(S(=O)(=O)c2cccc(C(F)(F)F)c2)CCOC(C2=CC(C3CCC3)=NC2)C1. The van der Waals surface area contributed by atoms with E-state index >= 15 is 0 Å². The summed E-state index contributed by atoms with van der Waals surface area (Å²) in [5.41, 5.74) is 1.09. The molecule has 1 aliphatic carbocycles. The highest BCUT2D eigenvalue weighted by Gasteiger charge is 2.46. The molecule has 0 N–H and O–H groups in total. The molecule has 2 heterocycles. The maximum absolute atomic E-state index is 13.3. The van der Waals surface area contributed by atoms with E-state index in [4.69, 9.17) is 4.74 Å². The topological polar surface area (TPSA) is 55.7 Å². The van der Waals surface area contributed by atoms with E-state index in [9.17, 15) is 21.6 Å². The zero-order chi connectivity index (χ0) is 20.9. The van der Waals surface area contributed by atoms with Crippen molar-refractivity contribution in [3.63, 3.8) is 0 Å². The van der Waals surface area contributed by atoms with Gasteiger partial charge in [0.05, 0.1) is 27.9 Å². The third-order valence-electron chi connectivity index (χ3n) is 6.40. The Labute approximate surface area is 168 Å². The second kappa shape index (κ2) is 7.23. The Kier molecular flexibility index (Phi) is 5.14. The smallest absolute Gasteiger partial charge is 0.374 e. The molecule has 1 aromatic carbocycles. The van der Waals surface area contributed by atoms with Crippen LogP contribution in [0.2, 0.25) is 0 Å². The van der Waals surface area contributed by atoms with Gasteiger partial charge in [-0.15, -0.1) is 0 Å². The molecule has 1 aromatic rings. The molecule has 2 fully saturated rings. The summed E-state index contributed by atoms with van der Waals surface area (Å²) >= 11 is 0. The fraction of sp³-hybridized carbons (Fsp3) is 0.571. The first-order valence-corrected chi connectivity index (χ1v) is 11.4. The van der Waals surface area contributed by atoms with Crippen molar-refractivity contribution >= 4 is 15.5 Å². The standard InChI is InChI=1S/C21H24F3NO3S/c1-20(29(26,27)17-7-3-6-16(11-17)21(22,23)24)8-9-28-19(12-20)15-10-18(25-13-15)14-4-2-5-14/h3,6-7,10-11,14,19H,2,4-5,8-9,12-13H2,1H3. The van der Waals surface area contributed by atoms with Crippen molar-refractivity contribution in [3.8, 4) is 0 Å². The number of allylic oxidation sites excluding steroid dienone is 1. The summed E-state index contributed by atoms with van der Waals surface area (Å²) in [7, 11) is -3.97. The van der Waals surface area contributed by atoms with Crippen molar-refractivity contribution in [2.45, 2.75) is 61.0 Å². The first kappa shape index (κ1) is 20.6. The molecule has 4 nitrogen and oxygen atoms in total. The molecule has 2 aliphatic heterocycles. The maximum atomic E-state index is 13.3. The van der Waals surface area contributed by atoms with Crippen LogP contribution in [-0.2, 0) is 20.8 Å². The molecular formula is C21H24F3NO3S. The van der Waals surface area contributed by atoms with Crippen molar-refractivity contribution < 1.29 is 26.3 Å². The summed E-state index contributed by atoms with van der Waals surface area (Å²) in [6, 6.07) is 4.01. The van der Waals surface area contributed by atoms with Gasteiger partial charge in [-0.2, -0.15) is 13.2 Å². The minimum absolute atomic E-state index is 0.213. The number of rotatable bonds is 4. The number of hydrogen-bond donors (Lipinski definition) is 0. The monoisotopic (exact) mass is 427 g/mol.